The molecule has 7 heteroatoms. The summed E-state index contributed by atoms with van der Waals surface area (Å²) in [6.45, 7) is 5.07. The molecule has 2 N–H and O–H groups in total. The topological polar surface area (TPSA) is 85.0 Å². The second-order valence-corrected chi connectivity index (χ2v) is 4.88. The second-order valence-electron chi connectivity index (χ2n) is 4.88. The Morgan fingerprint density at radius 2 is 2.25 bits per heavy atom. The maximum Gasteiger partial charge on any atom is 0.229 e. The third-order valence-electron chi connectivity index (χ3n) is 3.41. The average Bonchev–Trinajstić information content (AvgIpc) is 2.95. The first-order chi connectivity index (χ1) is 9.86. The third-order valence-corrected chi connectivity index (χ3v) is 3.41. The lowest BCUT2D eigenvalue weighted by molar-refractivity contribution is 0.0493. The number of hydrogen-bond acceptors (Lipinski definition) is 6. The average molecular weight is 277 g/mol. The molecule has 0 atom stereocenters. The van der Waals surface area contributed by atoms with Gasteiger partial charge in [-0.15, -0.1) is 0 Å². The summed E-state index contributed by atoms with van der Waals surface area (Å²) in [5, 5.41) is 10.8. The van der Waals surface area contributed by atoms with Gasteiger partial charge in [0.05, 0.1) is 12.8 Å². The SMILES string of the molecule is CCNc1nc(OCC2CCOCC2)c2cn[nH]c2n1. The van der Waals surface area contributed by atoms with Gasteiger partial charge >= 0.3 is 0 Å². The summed E-state index contributed by atoms with van der Waals surface area (Å²) in [6, 6.07) is 0. The van der Waals surface area contributed by atoms with Gasteiger partial charge in [-0.05, 0) is 25.7 Å². The molecule has 0 bridgehead atoms. The summed E-state index contributed by atoms with van der Waals surface area (Å²) in [7, 11) is 0. The number of rotatable bonds is 5. The molecule has 2 aromatic heterocycles. The smallest absolute Gasteiger partial charge is 0.229 e. The minimum Gasteiger partial charge on any atom is -0.477 e. The highest BCUT2D eigenvalue weighted by Crippen LogP contribution is 2.24. The third kappa shape index (κ3) is 2.82. The van der Waals surface area contributed by atoms with E-state index in [0.717, 1.165) is 38.0 Å². The predicted octanol–water partition coefficient (Wildman–Crippen LogP) is 1.59. The van der Waals surface area contributed by atoms with Crippen LogP contribution in [0.1, 0.15) is 19.8 Å². The fourth-order valence-electron chi connectivity index (χ4n) is 2.27. The van der Waals surface area contributed by atoms with Crippen LogP contribution in [0.2, 0.25) is 0 Å². The van der Waals surface area contributed by atoms with Crippen molar-refractivity contribution in [3.05, 3.63) is 6.20 Å². The number of aromatic amines is 1. The van der Waals surface area contributed by atoms with Gasteiger partial charge in [0.1, 0.15) is 5.39 Å². The van der Waals surface area contributed by atoms with Crippen LogP contribution in [0.5, 0.6) is 5.88 Å². The molecule has 0 unspecified atom stereocenters. The molecule has 0 aromatic carbocycles. The monoisotopic (exact) mass is 277 g/mol. The second kappa shape index (κ2) is 6.04. The van der Waals surface area contributed by atoms with Crippen molar-refractivity contribution >= 4 is 17.0 Å². The Kier molecular flexibility index (Phi) is 3.96. The minimum atomic E-state index is 0.531. The zero-order valence-electron chi connectivity index (χ0n) is 11.6. The van der Waals surface area contributed by atoms with Crippen molar-refractivity contribution in [2.75, 3.05) is 31.7 Å². The van der Waals surface area contributed by atoms with Crippen LogP contribution < -0.4 is 10.1 Å². The van der Waals surface area contributed by atoms with Crippen LogP contribution in [0.4, 0.5) is 5.95 Å². The maximum absolute atomic E-state index is 5.90. The van der Waals surface area contributed by atoms with Crippen LogP contribution in [0, 0.1) is 5.92 Å². The Labute approximate surface area is 117 Å². The molecule has 2 aromatic rings. The summed E-state index contributed by atoms with van der Waals surface area (Å²) < 4.78 is 11.3. The van der Waals surface area contributed by atoms with Gasteiger partial charge in [0.2, 0.25) is 11.8 Å². The van der Waals surface area contributed by atoms with E-state index in [-0.39, 0.29) is 0 Å². The fourth-order valence-corrected chi connectivity index (χ4v) is 2.27. The van der Waals surface area contributed by atoms with Gasteiger partial charge in [-0.25, -0.2) is 0 Å². The zero-order chi connectivity index (χ0) is 13.8. The van der Waals surface area contributed by atoms with Crippen LogP contribution in [-0.2, 0) is 4.74 Å². The van der Waals surface area contributed by atoms with Crippen LogP contribution in [0.25, 0.3) is 11.0 Å². The van der Waals surface area contributed by atoms with E-state index in [0.29, 0.717) is 30.0 Å². The van der Waals surface area contributed by atoms with E-state index in [9.17, 15) is 0 Å². The largest absolute Gasteiger partial charge is 0.477 e. The number of H-pyrrole nitrogens is 1. The summed E-state index contributed by atoms with van der Waals surface area (Å²) >= 11 is 0. The molecule has 1 fully saturated rings. The van der Waals surface area contributed by atoms with Crippen molar-refractivity contribution in [3.63, 3.8) is 0 Å². The molecule has 1 aliphatic heterocycles. The molecule has 1 saturated heterocycles. The van der Waals surface area contributed by atoms with Gasteiger partial charge < -0.3 is 14.8 Å². The Balaban J connectivity index is 1.76. The van der Waals surface area contributed by atoms with E-state index < -0.39 is 0 Å². The van der Waals surface area contributed by atoms with Gasteiger partial charge in [0, 0.05) is 19.8 Å². The van der Waals surface area contributed by atoms with E-state index >= 15 is 0 Å². The highest BCUT2D eigenvalue weighted by Gasteiger charge is 2.16. The molecule has 0 aliphatic carbocycles. The normalized spacial score (nSPS) is 16.4. The lowest BCUT2D eigenvalue weighted by Crippen LogP contribution is -2.21. The standard InChI is InChI=1S/C13H19N5O2/c1-2-14-13-16-11-10(7-15-18-11)12(17-13)20-8-9-3-5-19-6-4-9/h7,9H,2-6,8H2,1H3,(H2,14,15,16,17,18). The number of nitrogens with zero attached hydrogens (tertiary/aromatic N) is 3. The number of nitrogens with one attached hydrogen (secondary N) is 2. The highest BCUT2D eigenvalue weighted by molar-refractivity contribution is 5.80. The van der Waals surface area contributed by atoms with Crippen molar-refractivity contribution in [2.45, 2.75) is 19.8 Å². The zero-order valence-corrected chi connectivity index (χ0v) is 11.6. The van der Waals surface area contributed by atoms with Gasteiger partial charge in [0.15, 0.2) is 5.65 Å². The summed E-state index contributed by atoms with van der Waals surface area (Å²) in [5.74, 6) is 1.68. The van der Waals surface area contributed by atoms with E-state index in [1.54, 1.807) is 6.20 Å². The Bertz CT molecular complexity index is 565. The summed E-state index contributed by atoms with van der Waals surface area (Å²) in [4.78, 5) is 8.75. The molecule has 0 spiro atoms. The molecule has 7 nitrogen and oxygen atoms in total. The van der Waals surface area contributed by atoms with Crippen molar-refractivity contribution in [2.24, 2.45) is 5.92 Å². The highest BCUT2D eigenvalue weighted by atomic mass is 16.5. The first-order valence-corrected chi connectivity index (χ1v) is 7.02. The molecule has 108 valence electrons. The maximum atomic E-state index is 5.90. The van der Waals surface area contributed by atoms with E-state index in [1.807, 2.05) is 6.92 Å². The Hall–Kier alpha value is -1.89. The number of ether oxygens (including phenoxy) is 2. The van der Waals surface area contributed by atoms with Gasteiger partial charge in [-0.2, -0.15) is 15.1 Å². The van der Waals surface area contributed by atoms with Gasteiger partial charge in [-0.1, -0.05) is 0 Å². The van der Waals surface area contributed by atoms with Crippen molar-refractivity contribution in [1.29, 1.82) is 0 Å². The van der Waals surface area contributed by atoms with Crippen LogP contribution >= 0.6 is 0 Å². The molecular formula is C13H19N5O2. The lowest BCUT2D eigenvalue weighted by Gasteiger charge is -2.21. The molecule has 3 heterocycles. The van der Waals surface area contributed by atoms with Crippen molar-refractivity contribution in [1.82, 2.24) is 20.2 Å². The number of hydrogen-bond donors (Lipinski definition) is 2. The predicted molar refractivity (Wildman–Crippen MR) is 74.9 cm³/mol. The van der Waals surface area contributed by atoms with Gasteiger partial charge in [0.25, 0.3) is 0 Å². The Morgan fingerprint density at radius 1 is 1.40 bits per heavy atom. The molecule has 3 rings (SSSR count). The Morgan fingerprint density at radius 3 is 3.05 bits per heavy atom. The first-order valence-electron chi connectivity index (χ1n) is 7.02. The molecule has 20 heavy (non-hydrogen) atoms. The molecular weight excluding hydrogens is 258 g/mol. The minimum absolute atomic E-state index is 0.531. The van der Waals surface area contributed by atoms with Crippen molar-refractivity contribution in [3.8, 4) is 5.88 Å². The molecule has 0 radical (unpaired) electrons. The quantitative estimate of drug-likeness (QED) is 0.863. The fraction of sp³-hybridized carbons (Fsp3) is 0.615. The van der Waals surface area contributed by atoms with E-state index in [4.69, 9.17) is 9.47 Å². The number of fused-ring (bicyclic) bond motifs is 1. The van der Waals surface area contributed by atoms with Crippen LogP contribution in [-0.4, -0.2) is 46.5 Å². The number of anilines is 1. The molecule has 0 amide bonds. The molecule has 1 aliphatic rings. The van der Waals surface area contributed by atoms with Crippen LogP contribution in [0.15, 0.2) is 6.20 Å². The van der Waals surface area contributed by atoms with E-state index in [1.165, 1.54) is 0 Å². The molecule has 0 saturated carbocycles. The first kappa shape index (κ1) is 13.1. The van der Waals surface area contributed by atoms with Gasteiger partial charge in [-0.3, -0.25) is 5.10 Å². The van der Waals surface area contributed by atoms with Crippen molar-refractivity contribution < 1.29 is 9.47 Å². The lowest BCUT2D eigenvalue weighted by atomic mass is 10.0. The van der Waals surface area contributed by atoms with E-state index in [2.05, 4.69) is 25.5 Å². The summed E-state index contributed by atoms with van der Waals surface area (Å²) in [5.41, 5.74) is 0.693. The number of aromatic nitrogens is 4. The van der Waals surface area contributed by atoms with Crippen LogP contribution in [0.3, 0.4) is 0 Å². The summed E-state index contributed by atoms with van der Waals surface area (Å²) in [6.07, 6.45) is 3.78.